The van der Waals surface area contributed by atoms with Gasteiger partial charge in [-0.25, -0.2) is 5.10 Å². The average molecular weight is 508 g/mol. The number of ether oxygens (including phenoxy) is 1. The Balaban J connectivity index is 1.39. The second-order valence-corrected chi connectivity index (χ2v) is 9.31. The van der Waals surface area contributed by atoms with Gasteiger partial charge in [-0.05, 0) is 43.0 Å². The van der Waals surface area contributed by atoms with Gasteiger partial charge in [-0.15, -0.1) is 0 Å². The minimum atomic E-state index is -3.03. The lowest BCUT2D eigenvalue weighted by atomic mass is 10.0. The maximum atomic E-state index is 12.7. The Morgan fingerprint density at radius 1 is 1.22 bits per heavy atom. The zero-order chi connectivity index (χ0) is 26.1. The topological polar surface area (TPSA) is 115 Å². The van der Waals surface area contributed by atoms with Crippen molar-refractivity contribution in [3.63, 3.8) is 0 Å². The average Bonchev–Trinajstić information content (AvgIpc) is 3.55. The lowest BCUT2D eigenvalue weighted by Gasteiger charge is -2.12. The van der Waals surface area contributed by atoms with Crippen molar-refractivity contribution in [1.82, 2.24) is 20.1 Å². The van der Waals surface area contributed by atoms with Crippen molar-refractivity contribution >= 4 is 22.6 Å². The van der Waals surface area contributed by atoms with Crippen LogP contribution in [-0.4, -0.2) is 27.3 Å². The molecule has 0 spiro atoms. The molecule has 5 rings (SSSR count). The highest BCUT2D eigenvalue weighted by molar-refractivity contribution is 6.02. The molecule has 0 atom stereocenters. The molecule has 0 unspecified atom stereocenters. The number of H-pyrrole nitrogens is 1. The van der Waals surface area contributed by atoms with Crippen LogP contribution < -0.4 is 21.3 Å². The highest BCUT2D eigenvalue weighted by Crippen LogP contribution is 2.38. The number of anilines is 1. The molecule has 2 aromatic heterocycles. The Kier molecular flexibility index (Phi) is 6.64. The number of nitrogens with zero attached hydrogens (tertiary/aromatic N) is 2. The van der Waals surface area contributed by atoms with Crippen LogP contribution in [0.5, 0.6) is 5.75 Å². The molecule has 2 heterocycles. The van der Waals surface area contributed by atoms with E-state index in [0.29, 0.717) is 10.9 Å². The number of hydrogen-bond donors (Lipinski definition) is 3. The predicted molar refractivity (Wildman–Crippen MR) is 137 cm³/mol. The zero-order valence-electron chi connectivity index (χ0n) is 20.3. The molecule has 1 fully saturated rings. The van der Waals surface area contributed by atoms with E-state index in [-0.39, 0.29) is 35.3 Å². The number of carbonyl (C=O) groups is 1. The van der Waals surface area contributed by atoms with Crippen molar-refractivity contribution in [1.29, 1.82) is 0 Å². The second-order valence-electron chi connectivity index (χ2n) is 9.31. The number of hydrogen-bond acceptors (Lipinski definition) is 5. The number of benzene rings is 2. The van der Waals surface area contributed by atoms with E-state index in [1.165, 1.54) is 12.1 Å². The molecule has 0 radical (unpaired) electrons. The maximum absolute atomic E-state index is 12.7. The number of nitrogens with two attached hydrogens (primary N) is 1. The highest BCUT2D eigenvalue weighted by atomic mass is 19.3. The van der Waals surface area contributed by atoms with E-state index in [0.717, 1.165) is 47.9 Å². The number of aromatic amines is 1. The van der Waals surface area contributed by atoms with Crippen LogP contribution in [0, 0.1) is 6.92 Å². The van der Waals surface area contributed by atoms with E-state index in [4.69, 9.17) is 5.73 Å². The molecule has 1 saturated carbocycles. The Morgan fingerprint density at radius 2 is 1.95 bits per heavy atom. The minimum Gasteiger partial charge on any atom is -0.434 e. The smallest absolute Gasteiger partial charge is 0.387 e. The van der Waals surface area contributed by atoms with Crippen LogP contribution >= 0.6 is 0 Å². The number of nitrogen functional groups attached to an aromatic ring is 1. The summed E-state index contributed by atoms with van der Waals surface area (Å²) in [7, 11) is 0. The lowest BCUT2D eigenvalue weighted by molar-refractivity contribution is -0.0501. The number of carbonyl (C=O) groups excluding carboxylic acids is 1. The monoisotopic (exact) mass is 507 g/mol. The Hall–Kier alpha value is -4.21. The molecule has 4 N–H and O–H groups in total. The molecule has 2 aromatic carbocycles. The first-order valence-electron chi connectivity index (χ1n) is 12.1. The van der Waals surface area contributed by atoms with Gasteiger partial charge in [0.15, 0.2) is 5.82 Å². The van der Waals surface area contributed by atoms with E-state index >= 15 is 0 Å². The molecule has 8 nitrogen and oxygen atoms in total. The van der Waals surface area contributed by atoms with Crippen LogP contribution in [0.4, 0.5) is 14.6 Å². The number of halogens is 2. The summed E-state index contributed by atoms with van der Waals surface area (Å²) < 4.78 is 32.0. The molecule has 0 saturated heterocycles. The Bertz CT molecular complexity index is 1510. The molecule has 1 aliphatic rings. The number of aromatic nitrogens is 3. The number of amides is 1. The van der Waals surface area contributed by atoms with Crippen molar-refractivity contribution in [3.05, 3.63) is 75.7 Å². The van der Waals surface area contributed by atoms with Gasteiger partial charge in [0.1, 0.15) is 11.3 Å². The third kappa shape index (κ3) is 4.91. The van der Waals surface area contributed by atoms with Crippen molar-refractivity contribution in [3.8, 4) is 16.9 Å². The van der Waals surface area contributed by atoms with Crippen LogP contribution in [0.15, 0.2) is 53.5 Å². The molecular weight excluding hydrogens is 480 g/mol. The fourth-order valence-electron chi connectivity index (χ4n) is 5.02. The summed E-state index contributed by atoms with van der Waals surface area (Å²) in [4.78, 5) is 25.4. The van der Waals surface area contributed by atoms with Crippen molar-refractivity contribution < 1.29 is 18.3 Å². The first-order chi connectivity index (χ1) is 17.8. The summed E-state index contributed by atoms with van der Waals surface area (Å²) in [5, 5.41) is 9.87. The van der Waals surface area contributed by atoms with Gasteiger partial charge in [-0.3, -0.25) is 9.59 Å². The van der Waals surface area contributed by atoms with Gasteiger partial charge in [0.2, 0.25) is 0 Å². The van der Waals surface area contributed by atoms with Gasteiger partial charge in [-0.2, -0.15) is 13.9 Å². The van der Waals surface area contributed by atoms with Crippen LogP contribution in [0.3, 0.4) is 0 Å². The van der Waals surface area contributed by atoms with E-state index in [9.17, 15) is 18.4 Å². The predicted octanol–water partition coefficient (Wildman–Crippen LogP) is 4.93. The summed E-state index contributed by atoms with van der Waals surface area (Å²) in [6.07, 6.45) is 6.24. The van der Waals surface area contributed by atoms with Gasteiger partial charge in [0.05, 0.1) is 10.9 Å². The fourth-order valence-corrected chi connectivity index (χ4v) is 5.02. The van der Waals surface area contributed by atoms with Crippen molar-refractivity contribution in [2.75, 3.05) is 5.73 Å². The molecule has 37 heavy (non-hydrogen) atoms. The third-order valence-electron chi connectivity index (χ3n) is 6.81. The van der Waals surface area contributed by atoms with E-state index in [1.807, 2.05) is 35.0 Å². The summed E-state index contributed by atoms with van der Waals surface area (Å²) >= 11 is 0. The summed E-state index contributed by atoms with van der Waals surface area (Å²) in [5.41, 5.74) is 9.75. The molecule has 10 heteroatoms. The second kappa shape index (κ2) is 10.0. The van der Waals surface area contributed by atoms with E-state index in [2.05, 4.69) is 20.3 Å². The van der Waals surface area contributed by atoms with E-state index in [1.54, 1.807) is 13.0 Å². The van der Waals surface area contributed by atoms with Gasteiger partial charge < -0.3 is 20.4 Å². The van der Waals surface area contributed by atoms with Crippen molar-refractivity contribution in [2.24, 2.45) is 0 Å². The summed E-state index contributed by atoms with van der Waals surface area (Å²) in [6, 6.07) is 12.2. The van der Waals surface area contributed by atoms with Crippen LogP contribution in [0.2, 0.25) is 0 Å². The lowest BCUT2D eigenvalue weighted by Crippen LogP contribution is -2.24. The first-order valence-corrected chi connectivity index (χ1v) is 12.1. The van der Waals surface area contributed by atoms with E-state index < -0.39 is 12.5 Å². The quantitative estimate of drug-likeness (QED) is 0.328. The van der Waals surface area contributed by atoms with Gasteiger partial charge in [0, 0.05) is 24.3 Å². The molecule has 1 aliphatic carbocycles. The summed E-state index contributed by atoms with van der Waals surface area (Å²) in [5.74, 6) is -0.424. The fraction of sp³-hybridized carbons (Fsp3) is 0.296. The number of alkyl halides is 2. The minimum absolute atomic E-state index is 0.0461. The summed E-state index contributed by atoms with van der Waals surface area (Å²) in [6.45, 7) is -1.07. The number of rotatable bonds is 7. The number of fused-ring (bicyclic) bond motifs is 1. The van der Waals surface area contributed by atoms with Crippen LogP contribution in [0.1, 0.15) is 53.2 Å². The first kappa shape index (κ1) is 24.5. The highest BCUT2D eigenvalue weighted by Gasteiger charge is 2.24. The number of nitrogens with one attached hydrogen (secondary N) is 2. The molecule has 0 bridgehead atoms. The molecule has 0 aliphatic heterocycles. The van der Waals surface area contributed by atoms with Gasteiger partial charge >= 0.3 is 6.61 Å². The molecular formula is C27H27F2N5O3. The van der Waals surface area contributed by atoms with Crippen LogP contribution in [0.25, 0.3) is 22.0 Å². The van der Waals surface area contributed by atoms with Crippen molar-refractivity contribution in [2.45, 2.75) is 51.8 Å². The van der Waals surface area contributed by atoms with Gasteiger partial charge in [0.25, 0.3) is 11.5 Å². The largest absolute Gasteiger partial charge is 0.434 e. The molecule has 4 aromatic rings. The van der Waals surface area contributed by atoms with Gasteiger partial charge in [-0.1, -0.05) is 48.7 Å². The molecule has 192 valence electrons. The normalized spacial score (nSPS) is 13.9. The number of aryl methyl sites for hydroxylation is 1. The van der Waals surface area contributed by atoms with Crippen LogP contribution in [-0.2, 0) is 6.54 Å². The Morgan fingerprint density at radius 3 is 2.65 bits per heavy atom. The molecule has 1 amide bonds. The maximum Gasteiger partial charge on any atom is 0.387 e. The third-order valence-corrected chi connectivity index (χ3v) is 6.81. The zero-order valence-corrected chi connectivity index (χ0v) is 20.3. The Labute approximate surface area is 211 Å². The standard InChI is InChI=1S/C27H27F2N5O3/c1-15-6-11-21(37-27(28)29)19(12-15)25(35)31-13-16-7-9-17(10-8-16)20-14-34(18-4-2-3-5-18)23-22(20)24(30)32-33-26(23)36/h6-12,14,18,27H,2-5,13H2,1H3,(H2,30,32)(H,31,35)(H,33,36). The SMILES string of the molecule is Cc1ccc(OC(F)F)c(C(=O)NCc2ccc(-c3cn(C4CCCC4)c4c(=O)[nH]nc(N)c34)cc2)c1.